The van der Waals surface area contributed by atoms with Crippen molar-refractivity contribution in [1.82, 2.24) is 9.88 Å². The maximum atomic E-state index is 5.93. The zero-order valence-electron chi connectivity index (χ0n) is 11.7. The molecule has 1 fully saturated rings. The number of nitrogens with two attached hydrogens (primary N) is 1. The summed E-state index contributed by atoms with van der Waals surface area (Å²) < 4.78 is 5.43. The molecule has 0 saturated heterocycles. The Bertz CT molecular complexity index is 426. The van der Waals surface area contributed by atoms with Crippen molar-refractivity contribution in [3.05, 3.63) is 23.9 Å². The number of hydrogen-bond acceptors (Lipinski definition) is 3. The summed E-state index contributed by atoms with van der Waals surface area (Å²) >= 11 is 0. The maximum Gasteiger partial charge on any atom is 0.213 e. The van der Waals surface area contributed by atoms with E-state index in [4.69, 9.17) is 10.5 Å². The summed E-state index contributed by atoms with van der Waals surface area (Å²) in [7, 11) is 2.00. The van der Waals surface area contributed by atoms with Crippen molar-refractivity contribution in [2.45, 2.75) is 38.8 Å². The predicted molar refractivity (Wildman–Crippen MR) is 76.1 cm³/mol. The van der Waals surface area contributed by atoms with Crippen LogP contribution in [0.25, 0.3) is 0 Å². The normalized spacial score (nSPS) is 15.4. The molecule has 0 bridgehead atoms. The number of nitrogens with zero attached hydrogens (tertiary/aromatic N) is 3. The lowest BCUT2D eigenvalue weighted by Crippen LogP contribution is -2.35. The average Bonchev–Trinajstić information content (AvgIpc) is 3.27. The number of ether oxygens (including phenoxy) is 1. The summed E-state index contributed by atoms with van der Waals surface area (Å²) in [5.41, 5.74) is 6.97. The van der Waals surface area contributed by atoms with E-state index in [0.29, 0.717) is 31.0 Å². The van der Waals surface area contributed by atoms with E-state index in [-0.39, 0.29) is 0 Å². The Balaban J connectivity index is 1.86. The molecule has 0 radical (unpaired) electrons. The van der Waals surface area contributed by atoms with E-state index in [1.807, 2.05) is 24.1 Å². The van der Waals surface area contributed by atoms with Crippen LogP contribution < -0.4 is 10.5 Å². The van der Waals surface area contributed by atoms with Crippen molar-refractivity contribution in [2.75, 3.05) is 13.7 Å². The van der Waals surface area contributed by atoms with Crippen LogP contribution in [0.3, 0.4) is 0 Å². The molecule has 2 rings (SSSR count). The second-order valence-electron chi connectivity index (χ2n) is 4.87. The molecule has 0 amide bonds. The summed E-state index contributed by atoms with van der Waals surface area (Å²) in [5.74, 6) is 1.27. The molecule has 1 aliphatic rings. The molecule has 0 aliphatic heterocycles. The first-order valence-electron chi connectivity index (χ1n) is 6.81. The number of guanidine groups is 1. The lowest BCUT2D eigenvalue weighted by molar-refractivity contribution is 0.305. The first kappa shape index (κ1) is 13.6. The molecule has 0 spiro atoms. The van der Waals surface area contributed by atoms with E-state index >= 15 is 0 Å². The Kier molecular flexibility index (Phi) is 4.60. The third-order valence-corrected chi connectivity index (χ3v) is 3.13. The number of aliphatic imine (C=N–C) groups is 1. The third-order valence-electron chi connectivity index (χ3n) is 3.13. The number of pyridine rings is 1. The van der Waals surface area contributed by atoms with Gasteiger partial charge in [-0.1, -0.05) is 13.0 Å². The average molecular weight is 262 g/mol. The highest BCUT2D eigenvalue weighted by atomic mass is 16.5. The van der Waals surface area contributed by atoms with Gasteiger partial charge in [0.15, 0.2) is 5.96 Å². The molecule has 0 aromatic carbocycles. The molecular weight excluding hydrogens is 240 g/mol. The van der Waals surface area contributed by atoms with Gasteiger partial charge in [-0.15, -0.1) is 0 Å². The molecule has 1 aromatic heterocycles. The van der Waals surface area contributed by atoms with Crippen LogP contribution in [0.4, 0.5) is 0 Å². The van der Waals surface area contributed by atoms with E-state index < -0.39 is 0 Å². The fraction of sp³-hybridized carbons (Fsp3) is 0.571. The van der Waals surface area contributed by atoms with Gasteiger partial charge in [-0.3, -0.25) is 0 Å². The number of aromatic nitrogens is 1. The van der Waals surface area contributed by atoms with Gasteiger partial charge < -0.3 is 15.4 Å². The minimum atomic E-state index is 0.559. The standard InChI is InChI=1S/C14H22N4O/c1-3-8-19-13-7-4-11(9-16-13)10-17-14(15)18(2)12-5-6-12/h4,7,9,12H,3,5-6,8,10H2,1-2H3,(H2,15,17). The number of rotatable bonds is 6. The van der Waals surface area contributed by atoms with Crippen molar-refractivity contribution < 1.29 is 4.74 Å². The SMILES string of the molecule is CCCOc1ccc(CN=C(N)N(C)C2CC2)cn1. The minimum absolute atomic E-state index is 0.559. The van der Waals surface area contributed by atoms with Crippen LogP contribution in [0, 0.1) is 0 Å². The fourth-order valence-corrected chi connectivity index (χ4v) is 1.73. The van der Waals surface area contributed by atoms with Crippen LogP contribution >= 0.6 is 0 Å². The van der Waals surface area contributed by atoms with Crippen LogP contribution in [0.2, 0.25) is 0 Å². The predicted octanol–water partition coefficient (Wildman–Crippen LogP) is 1.78. The van der Waals surface area contributed by atoms with Crippen LogP contribution in [-0.2, 0) is 6.54 Å². The third kappa shape index (κ3) is 4.12. The van der Waals surface area contributed by atoms with Gasteiger partial charge in [-0.2, -0.15) is 0 Å². The van der Waals surface area contributed by atoms with Crippen molar-refractivity contribution in [2.24, 2.45) is 10.7 Å². The Hall–Kier alpha value is -1.78. The lowest BCUT2D eigenvalue weighted by Gasteiger charge is -2.16. The molecule has 19 heavy (non-hydrogen) atoms. The van der Waals surface area contributed by atoms with Crippen LogP contribution in [0.15, 0.2) is 23.3 Å². The van der Waals surface area contributed by atoms with E-state index in [1.165, 1.54) is 12.8 Å². The van der Waals surface area contributed by atoms with Gasteiger partial charge in [0, 0.05) is 25.4 Å². The quantitative estimate of drug-likeness (QED) is 0.627. The van der Waals surface area contributed by atoms with Crippen LogP contribution in [-0.4, -0.2) is 35.5 Å². The second-order valence-corrected chi connectivity index (χ2v) is 4.87. The van der Waals surface area contributed by atoms with Crippen molar-refractivity contribution in [3.8, 4) is 5.88 Å². The first-order valence-corrected chi connectivity index (χ1v) is 6.81. The smallest absolute Gasteiger partial charge is 0.213 e. The van der Waals surface area contributed by atoms with Crippen molar-refractivity contribution >= 4 is 5.96 Å². The maximum absolute atomic E-state index is 5.93. The van der Waals surface area contributed by atoms with Crippen LogP contribution in [0.5, 0.6) is 5.88 Å². The molecule has 1 saturated carbocycles. The highest BCUT2D eigenvalue weighted by molar-refractivity contribution is 5.78. The highest BCUT2D eigenvalue weighted by Crippen LogP contribution is 2.24. The monoisotopic (exact) mass is 262 g/mol. The molecule has 1 aliphatic carbocycles. The first-order chi connectivity index (χ1) is 9.20. The molecule has 2 N–H and O–H groups in total. The Morgan fingerprint density at radius 1 is 1.53 bits per heavy atom. The topological polar surface area (TPSA) is 63.7 Å². The molecule has 1 heterocycles. The Morgan fingerprint density at radius 3 is 2.89 bits per heavy atom. The van der Waals surface area contributed by atoms with Crippen molar-refractivity contribution in [1.29, 1.82) is 0 Å². The van der Waals surface area contributed by atoms with Gasteiger partial charge in [0.05, 0.1) is 13.2 Å². The van der Waals surface area contributed by atoms with Gasteiger partial charge in [-0.25, -0.2) is 9.98 Å². The minimum Gasteiger partial charge on any atom is -0.478 e. The van der Waals surface area contributed by atoms with Gasteiger partial charge >= 0.3 is 0 Å². The van der Waals surface area contributed by atoms with E-state index in [1.54, 1.807) is 6.20 Å². The lowest BCUT2D eigenvalue weighted by atomic mass is 10.3. The fourth-order valence-electron chi connectivity index (χ4n) is 1.73. The number of hydrogen-bond donors (Lipinski definition) is 1. The Labute approximate surface area is 114 Å². The molecule has 5 heteroatoms. The zero-order chi connectivity index (χ0) is 13.7. The second kappa shape index (κ2) is 6.41. The van der Waals surface area contributed by atoms with E-state index in [2.05, 4.69) is 16.9 Å². The summed E-state index contributed by atoms with van der Waals surface area (Å²) in [6.45, 7) is 3.33. The summed E-state index contributed by atoms with van der Waals surface area (Å²) in [5, 5.41) is 0. The van der Waals surface area contributed by atoms with Crippen molar-refractivity contribution in [3.63, 3.8) is 0 Å². The van der Waals surface area contributed by atoms with Gasteiger partial charge in [0.1, 0.15) is 0 Å². The molecule has 5 nitrogen and oxygen atoms in total. The van der Waals surface area contributed by atoms with E-state index in [0.717, 1.165) is 12.0 Å². The summed E-state index contributed by atoms with van der Waals surface area (Å²) in [6.07, 6.45) is 5.21. The van der Waals surface area contributed by atoms with Gasteiger partial charge in [-0.05, 0) is 24.8 Å². The summed E-state index contributed by atoms with van der Waals surface area (Å²) in [6, 6.07) is 4.44. The van der Waals surface area contributed by atoms with Gasteiger partial charge in [0.2, 0.25) is 5.88 Å². The van der Waals surface area contributed by atoms with Crippen LogP contribution in [0.1, 0.15) is 31.7 Å². The Morgan fingerprint density at radius 2 is 2.32 bits per heavy atom. The van der Waals surface area contributed by atoms with E-state index in [9.17, 15) is 0 Å². The van der Waals surface area contributed by atoms with Gasteiger partial charge in [0.25, 0.3) is 0 Å². The molecule has 1 aromatic rings. The molecule has 104 valence electrons. The molecular formula is C14H22N4O. The molecule has 0 atom stereocenters. The highest BCUT2D eigenvalue weighted by Gasteiger charge is 2.27. The zero-order valence-corrected chi connectivity index (χ0v) is 11.7. The summed E-state index contributed by atoms with van der Waals surface area (Å²) in [4.78, 5) is 10.7. The largest absolute Gasteiger partial charge is 0.478 e. The molecule has 0 unspecified atom stereocenters.